The molecular formula is C14H21N5S. The van der Waals surface area contributed by atoms with Crippen LogP contribution in [-0.2, 0) is 26.6 Å². The van der Waals surface area contributed by atoms with Crippen LogP contribution in [0.25, 0.3) is 0 Å². The third-order valence-electron chi connectivity index (χ3n) is 3.05. The van der Waals surface area contributed by atoms with E-state index in [2.05, 4.69) is 39.7 Å². The number of hydrogen-bond donors (Lipinski definition) is 2. The Hall–Kier alpha value is -1.82. The molecule has 0 aliphatic heterocycles. The van der Waals surface area contributed by atoms with Crippen molar-refractivity contribution < 1.29 is 0 Å². The van der Waals surface area contributed by atoms with Gasteiger partial charge in [0.1, 0.15) is 5.82 Å². The minimum atomic E-state index is 0.661. The summed E-state index contributed by atoms with van der Waals surface area (Å²) in [6, 6.07) is 4.36. The summed E-state index contributed by atoms with van der Waals surface area (Å²) in [5, 5.41) is 6.58. The second kappa shape index (κ2) is 7.09. The fourth-order valence-corrected chi connectivity index (χ4v) is 2.73. The largest absolute Gasteiger partial charge is 0.352 e. The Balaban J connectivity index is 1.82. The van der Waals surface area contributed by atoms with E-state index in [-0.39, 0.29) is 0 Å². The van der Waals surface area contributed by atoms with Crippen molar-refractivity contribution in [2.24, 2.45) is 12.0 Å². The average Bonchev–Trinajstić information content (AvgIpc) is 3.08. The lowest BCUT2D eigenvalue weighted by molar-refractivity contribution is 0.728. The first kappa shape index (κ1) is 14.6. The molecule has 2 N–H and O–H groups in total. The van der Waals surface area contributed by atoms with Gasteiger partial charge in [-0.2, -0.15) is 0 Å². The number of aliphatic imine (C=N–C) groups is 1. The number of guanidine groups is 1. The summed E-state index contributed by atoms with van der Waals surface area (Å²) in [6.45, 7) is 3.63. The third-order valence-corrected chi connectivity index (χ3v) is 4.28. The van der Waals surface area contributed by atoms with Crippen LogP contribution in [0.2, 0.25) is 0 Å². The van der Waals surface area contributed by atoms with E-state index >= 15 is 0 Å². The lowest BCUT2D eigenvalue weighted by Crippen LogP contribution is -2.36. The van der Waals surface area contributed by atoms with Crippen molar-refractivity contribution in [3.63, 3.8) is 0 Å². The topological polar surface area (TPSA) is 54.2 Å². The summed E-state index contributed by atoms with van der Waals surface area (Å²) < 4.78 is 1.99. The zero-order valence-electron chi connectivity index (χ0n) is 12.2. The molecule has 20 heavy (non-hydrogen) atoms. The van der Waals surface area contributed by atoms with Gasteiger partial charge in [0, 0.05) is 36.2 Å². The van der Waals surface area contributed by atoms with Crippen LogP contribution >= 0.6 is 11.3 Å². The number of nitrogens with one attached hydrogen (secondary N) is 2. The van der Waals surface area contributed by atoms with E-state index in [4.69, 9.17) is 0 Å². The number of aromatic nitrogens is 2. The van der Waals surface area contributed by atoms with Crippen LogP contribution in [0.15, 0.2) is 29.5 Å². The highest BCUT2D eigenvalue weighted by molar-refractivity contribution is 7.11. The highest BCUT2D eigenvalue weighted by Crippen LogP contribution is 2.16. The molecule has 0 fully saturated rings. The normalized spacial score (nSPS) is 11.7. The Morgan fingerprint density at radius 3 is 2.65 bits per heavy atom. The van der Waals surface area contributed by atoms with Gasteiger partial charge in [0.2, 0.25) is 0 Å². The number of hydrogen-bond acceptors (Lipinski definition) is 3. The summed E-state index contributed by atoms with van der Waals surface area (Å²) >= 11 is 1.84. The second-order valence-corrected chi connectivity index (χ2v) is 5.71. The summed E-state index contributed by atoms with van der Waals surface area (Å²) in [5.41, 5.74) is 0. The predicted molar refractivity (Wildman–Crippen MR) is 83.9 cm³/mol. The van der Waals surface area contributed by atoms with Crippen molar-refractivity contribution in [2.75, 3.05) is 7.05 Å². The maximum Gasteiger partial charge on any atom is 0.191 e. The number of rotatable bonds is 5. The maximum atomic E-state index is 4.27. The van der Waals surface area contributed by atoms with Gasteiger partial charge in [-0.3, -0.25) is 4.99 Å². The molecular weight excluding hydrogens is 270 g/mol. The molecule has 6 heteroatoms. The smallest absolute Gasteiger partial charge is 0.191 e. The monoisotopic (exact) mass is 291 g/mol. The van der Waals surface area contributed by atoms with Gasteiger partial charge in [-0.15, -0.1) is 11.3 Å². The van der Waals surface area contributed by atoms with E-state index in [9.17, 15) is 0 Å². The van der Waals surface area contributed by atoms with E-state index in [0.29, 0.717) is 6.54 Å². The zero-order chi connectivity index (χ0) is 14.4. The van der Waals surface area contributed by atoms with E-state index in [0.717, 1.165) is 24.7 Å². The second-order valence-electron chi connectivity index (χ2n) is 4.46. The Bertz CT molecular complexity index is 570. The molecule has 0 aromatic carbocycles. The molecule has 2 aromatic heterocycles. The van der Waals surface area contributed by atoms with Crippen LogP contribution in [0.1, 0.15) is 22.5 Å². The Kier molecular flexibility index (Phi) is 5.17. The van der Waals surface area contributed by atoms with Crippen molar-refractivity contribution in [3.8, 4) is 0 Å². The van der Waals surface area contributed by atoms with Crippen molar-refractivity contribution in [1.29, 1.82) is 0 Å². The van der Waals surface area contributed by atoms with E-state index < -0.39 is 0 Å². The van der Waals surface area contributed by atoms with Crippen LogP contribution in [-0.4, -0.2) is 22.6 Å². The van der Waals surface area contributed by atoms with Crippen molar-refractivity contribution in [3.05, 3.63) is 40.1 Å². The predicted octanol–water partition coefficient (Wildman–Crippen LogP) is 1.91. The number of nitrogens with zero attached hydrogens (tertiary/aromatic N) is 3. The SMILES string of the molecule is CCc1ccc(CNC(=NC)NCc2nccn2C)s1. The molecule has 0 amide bonds. The van der Waals surface area contributed by atoms with Crippen molar-refractivity contribution in [1.82, 2.24) is 20.2 Å². The van der Waals surface area contributed by atoms with Gasteiger partial charge >= 0.3 is 0 Å². The Morgan fingerprint density at radius 2 is 2.05 bits per heavy atom. The Morgan fingerprint density at radius 1 is 1.30 bits per heavy atom. The first-order valence-corrected chi connectivity index (χ1v) is 7.53. The zero-order valence-corrected chi connectivity index (χ0v) is 13.0. The molecule has 5 nitrogen and oxygen atoms in total. The fourth-order valence-electron chi connectivity index (χ4n) is 1.83. The van der Waals surface area contributed by atoms with Gasteiger partial charge < -0.3 is 15.2 Å². The molecule has 0 bridgehead atoms. The fraction of sp³-hybridized carbons (Fsp3) is 0.429. The minimum absolute atomic E-state index is 0.661. The van der Waals surface area contributed by atoms with Crippen LogP contribution in [0, 0.1) is 0 Å². The molecule has 0 aliphatic rings. The van der Waals surface area contributed by atoms with Gasteiger partial charge in [0.05, 0.1) is 13.1 Å². The Labute approximate surface area is 123 Å². The molecule has 2 heterocycles. The number of imidazole rings is 1. The van der Waals surface area contributed by atoms with Gasteiger partial charge in [-0.05, 0) is 18.6 Å². The van der Waals surface area contributed by atoms with Crippen LogP contribution in [0.4, 0.5) is 0 Å². The maximum absolute atomic E-state index is 4.27. The quantitative estimate of drug-likeness (QED) is 0.653. The first-order valence-electron chi connectivity index (χ1n) is 6.71. The molecule has 108 valence electrons. The van der Waals surface area contributed by atoms with Crippen molar-refractivity contribution >= 4 is 17.3 Å². The standard InChI is InChI=1S/C14H21N5S/c1-4-11-5-6-12(20-11)9-17-14(15-2)18-10-13-16-7-8-19(13)3/h5-8H,4,9-10H2,1-3H3,(H2,15,17,18). The highest BCUT2D eigenvalue weighted by Gasteiger charge is 2.03. The lowest BCUT2D eigenvalue weighted by Gasteiger charge is -2.11. The average molecular weight is 291 g/mol. The molecule has 0 spiro atoms. The van der Waals surface area contributed by atoms with Crippen LogP contribution in [0.3, 0.4) is 0 Å². The number of aryl methyl sites for hydroxylation is 2. The first-order chi connectivity index (χ1) is 9.72. The van der Waals surface area contributed by atoms with Crippen molar-refractivity contribution in [2.45, 2.75) is 26.4 Å². The molecule has 0 aliphatic carbocycles. The molecule has 0 radical (unpaired) electrons. The van der Waals surface area contributed by atoms with Gasteiger partial charge in [-0.25, -0.2) is 4.98 Å². The third kappa shape index (κ3) is 3.84. The van der Waals surface area contributed by atoms with Gasteiger partial charge in [0.25, 0.3) is 0 Å². The molecule has 0 saturated carbocycles. The lowest BCUT2D eigenvalue weighted by atomic mass is 10.4. The highest BCUT2D eigenvalue weighted by atomic mass is 32.1. The molecule has 2 rings (SSSR count). The van der Waals surface area contributed by atoms with Crippen LogP contribution in [0.5, 0.6) is 0 Å². The van der Waals surface area contributed by atoms with E-state index in [1.165, 1.54) is 9.75 Å². The minimum Gasteiger partial charge on any atom is -0.352 e. The van der Waals surface area contributed by atoms with E-state index in [1.54, 1.807) is 13.2 Å². The van der Waals surface area contributed by atoms with E-state index in [1.807, 2.05) is 29.1 Å². The molecule has 2 aromatic rings. The van der Waals surface area contributed by atoms with Gasteiger partial charge in [-0.1, -0.05) is 6.92 Å². The molecule has 0 unspecified atom stereocenters. The summed E-state index contributed by atoms with van der Waals surface area (Å²) in [7, 11) is 3.76. The summed E-state index contributed by atoms with van der Waals surface area (Å²) in [5.74, 6) is 1.77. The van der Waals surface area contributed by atoms with Gasteiger partial charge in [0.15, 0.2) is 5.96 Å². The number of thiophene rings is 1. The molecule has 0 saturated heterocycles. The van der Waals surface area contributed by atoms with Crippen LogP contribution < -0.4 is 10.6 Å². The molecule has 0 atom stereocenters. The summed E-state index contributed by atoms with van der Waals surface area (Å²) in [4.78, 5) is 11.2. The summed E-state index contributed by atoms with van der Waals surface area (Å²) in [6.07, 6.45) is 4.83.